The van der Waals surface area contributed by atoms with E-state index in [0.29, 0.717) is 6.42 Å². The van der Waals surface area contributed by atoms with Gasteiger partial charge in [-0.1, -0.05) is 0 Å². The van der Waals surface area contributed by atoms with Crippen molar-refractivity contribution in [2.24, 2.45) is 5.73 Å². The van der Waals surface area contributed by atoms with Gasteiger partial charge in [-0.25, -0.2) is 0 Å². The molecule has 76 valence electrons. The van der Waals surface area contributed by atoms with Gasteiger partial charge >= 0.3 is 0 Å². The molecule has 0 unspecified atom stereocenters. The molecule has 4 heteroatoms. The zero-order valence-corrected chi connectivity index (χ0v) is 8.47. The smallest absolute Gasteiger partial charge is 0.239 e. The van der Waals surface area contributed by atoms with Gasteiger partial charge < -0.3 is 10.6 Å². The molecule has 0 aromatic carbocycles. The van der Waals surface area contributed by atoms with Crippen molar-refractivity contribution >= 4 is 5.91 Å². The molecule has 1 rings (SSSR count). The maximum atomic E-state index is 11.4. The van der Waals surface area contributed by atoms with E-state index in [1.54, 1.807) is 26.5 Å². The number of pyridine rings is 1. The standard InChI is InChI=1S/C10H15N3O/c1-13(2)10(14)9(11)7-8-3-5-12-6-4-8/h3-6,9H,7,11H2,1-2H3/t9-/m0/s1. The fourth-order valence-corrected chi connectivity index (χ4v) is 1.19. The summed E-state index contributed by atoms with van der Waals surface area (Å²) in [5.41, 5.74) is 6.77. The van der Waals surface area contributed by atoms with E-state index in [2.05, 4.69) is 4.98 Å². The quantitative estimate of drug-likeness (QED) is 0.737. The Morgan fingerprint density at radius 2 is 2.07 bits per heavy atom. The molecule has 0 spiro atoms. The molecule has 0 radical (unpaired) electrons. The molecular formula is C10H15N3O. The van der Waals surface area contributed by atoms with Crippen molar-refractivity contribution in [2.75, 3.05) is 14.1 Å². The van der Waals surface area contributed by atoms with Crippen LogP contribution in [0.15, 0.2) is 24.5 Å². The molecule has 1 atom stereocenters. The highest BCUT2D eigenvalue weighted by Gasteiger charge is 2.15. The first-order chi connectivity index (χ1) is 6.61. The van der Waals surface area contributed by atoms with Crippen molar-refractivity contribution in [3.05, 3.63) is 30.1 Å². The Balaban J connectivity index is 2.57. The lowest BCUT2D eigenvalue weighted by Gasteiger charge is -2.16. The molecular weight excluding hydrogens is 178 g/mol. The Bertz CT molecular complexity index is 297. The maximum absolute atomic E-state index is 11.4. The van der Waals surface area contributed by atoms with Crippen LogP contribution in [0, 0.1) is 0 Å². The third kappa shape index (κ3) is 2.81. The molecule has 0 bridgehead atoms. The lowest BCUT2D eigenvalue weighted by molar-refractivity contribution is -0.130. The number of hydrogen-bond acceptors (Lipinski definition) is 3. The first kappa shape index (κ1) is 10.7. The van der Waals surface area contributed by atoms with Crippen molar-refractivity contribution in [3.8, 4) is 0 Å². The molecule has 2 N–H and O–H groups in total. The first-order valence-corrected chi connectivity index (χ1v) is 4.47. The number of likely N-dealkylation sites (N-methyl/N-ethyl adjacent to an activating group) is 1. The minimum absolute atomic E-state index is 0.0539. The molecule has 1 aromatic heterocycles. The van der Waals surface area contributed by atoms with Crippen molar-refractivity contribution in [1.82, 2.24) is 9.88 Å². The van der Waals surface area contributed by atoms with Crippen LogP contribution in [-0.4, -0.2) is 35.9 Å². The Hall–Kier alpha value is -1.42. The molecule has 0 aliphatic heterocycles. The lowest BCUT2D eigenvalue weighted by atomic mass is 10.1. The summed E-state index contributed by atoms with van der Waals surface area (Å²) in [6.45, 7) is 0. The van der Waals surface area contributed by atoms with E-state index in [-0.39, 0.29) is 5.91 Å². The zero-order chi connectivity index (χ0) is 10.6. The monoisotopic (exact) mass is 193 g/mol. The normalized spacial score (nSPS) is 12.2. The molecule has 1 amide bonds. The van der Waals surface area contributed by atoms with Crippen LogP contribution < -0.4 is 5.73 Å². The van der Waals surface area contributed by atoms with E-state index in [0.717, 1.165) is 5.56 Å². The van der Waals surface area contributed by atoms with Gasteiger partial charge in [0, 0.05) is 26.5 Å². The Labute approximate surface area is 83.7 Å². The van der Waals surface area contributed by atoms with Crippen LogP contribution in [-0.2, 0) is 11.2 Å². The van der Waals surface area contributed by atoms with E-state index >= 15 is 0 Å². The first-order valence-electron chi connectivity index (χ1n) is 4.47. The highest BCUT2D eigenvalue weighted by molar-refractivity contribution is 5.81. The number of aromatic nitrogens is 1. The van der Waals surface area contributed by atoms with Crippen LogP contribution in [0.5, 0.6) is 0 Å². The van der Waals surface area contributed by atoms with Crippen molar-refractivity contribution in [3.63, 3.8) is 0 Å². The van der Waals surface area contributed by atoms with E-state index < -0.39 is 6.04 Å². The number of nitrogens with two attached hydrogens (primary N) is 1. The molecule has 0 aliphatic carbocycles. The second kappa shape index (κ2) is 4.72. The number of hydrogen-bond donors (Lipinski definition) is 1. The Morgan fingerprint density at radius 3 is 2.57 bits per heavy atom. The van der Waals surface area contributed by atoms with Crippen LogP contribution >= 0.6 is 0 Å². The highest BCUT2D eigenvalue weighted by Crippen LogP contribution is 2.01. The molecule has 4 nitrogen and oxygen atoms in total. The van der Waals surface area contributed by atoms with E-state index in [9.17, 15) is 4.79 Å². The summed E-state index contributed by atoms with van der Waals surface area (Å²) in [6, 6.07) is 3.26. The molecule has 0 fully saturated rings. The van der Waals surface area contributed by atoms with Gasteiger partial charge in [-0.15, -0.1) is 0 Å². The number of carbonyl (C=O) groups is 1. The number of nitrogens with zero attached hydrogens (tertiary/aromatic N) is 2. The van der Waals surface area contributed by atoms with Gasteiger partial charge in [0.1, 0.15) is 0 Å². The van der Waals surface area contributed by atoms with Gasteiger partial charge in [-0.3, -0.25) is 9.78 Å². The number of rotatable bonds is 3. The lowest BCUT2D eigenvalue weighted by Crippen LogP contribution is -2.41. The average Bonchev–Trinajstić information content (AvgIpc) is 2.18. The highest BCUT2D eigenvalue weighted by atomic mass is 16.2. The molecule has 0 saturated carbocycles. The summed E-state index contributed by atoms with van der Waals surface area (Å²) >= 11 is 0. The van der Waals surface area contributed by atoms with Crippen molar-refractivity contribution < 1.29 is 4.79 Å². The van der Waals surface area contributed by atoms with Gasteiger partial charge in [-0.2, -0.15) is 0 Å². The van der Waals surface area contributed by atoms with Crippen LogP contribution in [0.1, 0.15) is 5.56 Å². The summed E-state index contributed by atoms with van der Waals surface area (Å²) in [5.74, 6) is -0.0539. The zero-order valence-electron chi connectivity index (χ0n) is 8.47. The molecule has 1 heterocycles. The predicted octanol–water partition coefficient (Wildman–Crippen LogP) is 0.0396. The summed E-state index contributed by atoms with van der Waals surface area (Å²) < 4.78 is 0. The number of carbonyl (C=O) groups excluding carboxylic acids is 1. The topological polar surface area (TPSA) is 59.2 Å². The van der Waals surface area contributed by atoms with E-state index in [4.69, 9.17) is 5.73 Å². The fourth-order valence-electron chi connectivity index (χ4n) is 1.19. The molecule has 1 aromatic rings. The minimum atomic E-state index is -0.465. The summed E-state index contributed by atoms with van der Waals surface area (Å²) in [7, 11) is 3.41. The van der Waals surface area contributed by atoms with Gasteiger partial charge in [0.25, 0.3) is 0 Å². The SMILES string of the molecule is CN(C)C(=O)[C@@H](N)Cc1ccncc1. The number of amides is 1. The molecule has 14 heavy (non-hydrogen) atoms. The fraction of sp³-hybridized carbons (Fsp3) is 0.400. The van der Waals surface area contributed by atoms with Gasteiger partial charge in [0.05, 0.1) is 6.04 Å². The maximum Gasteiger partial charge on any atom is 0.239 e. The third-order valence-corrected chi connectivity index (χ3v) is 1.96. The Kier molecular flexibility index (Phi) is 3.59. The summed E-state index contributed by atoms with van der Waals surface area (Å²) in [5, 5.41) is 0. The molecule has 0 saturated heterocycles. The average molecular weight is 193 g/mol. The van der Waals surface area contributed by atoms with Gasteiger partial charge in [0.15, 0.2) is 0 Å². The third-order valence-electron chi connectivity index (χ3n) is 1.96. The second-order valence-corrected chi connectivity index (χ2v) is 3.40. The van der Waals surface area contributed by atoms with Gasteiger partial charge in [-0.05, 0) is 24.1 Å². The predicted molar refractivity (Wildman–Crippen MR) is 54.6 cm³/mol. The van der Waals surface area contributed by atoms with Crippen molar-refractivity contribution in [1.29, 1.82) is 0 Å². The van der Waals surface area contributed by atoms with Crippen molar-refractivity contribution in [2.45, 2.75) is 12.5 Å². The van der Waals surface area contributed by atoms with E-state index in [1.807, 2.05) is 12.1 Å². The second-order valence-electron chi connectivity index (χ2n) is 3.40. The summed E-state index contributed by atoms with van der Waals surface area (Å²) in [6.07, 6.45) is 3.95. The minimum Gasteiger partial charge on any atom is -0.347 e. The van der Waals surface area contributed by atoms with E-state index in [1.165, 1.54) is 4.90 Å². The van der Waals surface area contributed by atoms with Crippen LogP contribution in [0.3, 0.4) is 0 Å². The van der Waals surface area contributed by atoms with Crippen LogP contribution in [0.4, 0.5) is 0 Å². The molecule has 0 aliphatic rings. The van der Waals surface area contributed by atoms with Crippen LogP contribution in [0.2, 0.25) is 0 Å². The summed E-state index contributed by atoms with van der Waals surface area (Å²) in [4.78, 5) is 16.8. The Morgan fingerprint density at radius 1 is 1.50 bits per heavy atom. The largest absolute Gasteiger partial charge is 0.347 e. The van der Waals surface area contributed by atoms with Gasteiger partial charge in [0.2, 0.25) is 5.91 Å². The van der Waals surface area contributed by atoms with Crippen LogP contribution in [0.25, 0.3) is 0 Å².